The van der Waals surface area contributed by atoms with Crippen molar-refractivity contribution >= 4 is 5.91 Å². The summed E-state index contributed by atoms with van der Waals surface area (Å²) in [7, 11) is 2.16. The molecule has 1 aliphatic carbocycles. The molecule has 0 bridgehead atoms. The summed E-state index contributed by atoms with van der Waals surface area (Å²) in [5.74, 6) is 0.342. The summed E-state index contributed by atoms with van der Waals surface area (Å²) in [6.07, 6.45) is 6.42. The maximum absolute atomic E-state index is 13.0. The summed E-state index contributed by atoms with van der Waals surface area (Å²) >= 11 is 0. The van der Waals surface area contributed by atoms with Gasteiger partial charge in [-0.05, 0) is 39.3 Å². The molecule has 1 saturated carbocycles. The summed E-state index contributed by atoms with van der Waals surface area (Å²) in [5, 5.41) is 0. The van der Waals surface area contributed by atoms with E-state index >= 15 is 0 Å². The van der Waals surface area contributed by atoms with E-state index < -0.39 is 0 Å². The molecule has 4 heteroatoms. The third-order valence-electron chi connectivity index (χ3n) is 5.04. The predicted octanol–water partition coefficient (Wildman–Crippen LogP) is 1.45. The second-order valence-electron chi connectivity index (χ2n) is 6.37. The fourth-order valence-corrected chi connectivity index (χ4v) is 3.72. The van der Waals surface area contributed by atoms with Crippen LogP contribution in [0.5, 0.6) is 0 Å². The topological polar surface area (TPSA) is 49.6 Å². The van der Waals surface area contributed by atoms with Crippen LogP contribution in [-0.2, 0) is 4.79 Å². The fraction of sp³-hybridized carbons (Fsp3) is 0.933. The fourth-order valence-electron chi connectivity index (χ4n) is 3.72. The lowest BCUT2D eigenvalue weighted by atomic mass is 9.84. The van der Waals surface area contributed by atoms with Crippen LogP contribution in [-0.4, -0.2) is 55.0 Å². The lowest BCUT2D eigenvalue weighted by Gasteiger charge is -2.37. The van der Waals surface area contributed by atoms with E-state index in [-0.39, 0.29) is 5.41 Å². The second kappa shape index (κ2) is 6.23. The van der Waals surface area contributed by atoms with Gasteiger partial charge in [0.25, 0.3) is 0 Å². The van der Waals surface area contributed by atoms with E-state index in [1.807, 2.05) is 0 Å². The van der Waals surface area contributed by atoms with Gasteiger partial charge in [-0.15, -0.1) is 0 Å². The maximum Gasteiger partial charge on any atom is 0.230 e. The largest absolute Gasteiger partial charge is 0.338 e. The number of carbonyl (C=O) groups is 1. The minimum absolute atomic E-state index is 0.240. The van der Waals surface area contributed by atoms with Crippen molar-refractivity contribution in [2.75, 3.05) is 33.2 Å². The van der Waals surface area contributed by atoms with Crippen LogP contribution in [0.3, 0.4) is 0 Å². The van der Waals surface area contributed by atoms with Gasteiger partial charge in [0.1, 0.15) is 0 Å². The van der Waals surface area contributed by atoms with Crippen molar-refractivity contribution in [1.29, 1.82) is 0 Å². The number of amides is 1. The molecular weight excluding hydrogens is 238 g/mol. The van der Waals surface area contributed by atoms with Gasteiger partial charge in [-0.1, -0.05) is 19.8 Å². The van der Waals surface area contributed by atoms with Gasteiger partial charge >= 0.3 is 0 Å². The Hall–Kier alpha value is -0.610. The summed E-state index contributed by atoms with van der Waals surface area (Å²) < 4.78 is 0. The smallest absolute Gasteiger partial charge is 0.230 e. The van der Waals surface area contributed by atoms with E-state index in [1.165, 1.54) is 0 Å². The van der Waals surface area contributed by atoms with Crippen LogP contribution in [0.4, 0.5) is 0 Å². The molecule has 2 fully saturated rings. The molecule has 0 aromatic carbocycles. The first-order valence-electron chi connectivity index (χ1n) is 7.82. The normalized spacial score (nSPS) is 28.4. The number of likely N-dealkylation sites (N-methyl/N-ethyl adjacent to an activating group) is 1. The molecular formula is C15H29N3O. The van der Waals surface area contributed by atoms with Crippen LogP contribution in [0, 0.1) is 5.41 Å². The van der Waals surface area contributed by atoms with Crippen LogP contribution in [0.1, 0.15) is 45.4 Å². The highest BCUT2D eigenvalue weighted by atomic mass is 16.2. The Morgan fingerprint density at radius 2 is 1.95 bits per heavy atom. The zero-order valence-electron chi connectivity index (χ0n) is 12.5. The van der Waals surface area contributed by atoms with E-state index in [1.54, 1.807) is 0 Å². The van der Waals surface area contributed by atoms with Gasteiger partial charge in [-0.25, -0.2) is 0 Å². The van der Waals surface area contributed by atoms with E-state index in [9.17, 15) is 4.79 Å². The molecule has 2 rings (SSSR count). The van der Waals surface area contributed by atoms with Gasteiger partial charge in [0, 0.05) is 25.7 Å². The highest BCUT2D eigenvalue weighted by molar-refractivity contribution is 5.83. The van der Waals surface area contributed by atoms with Gasteiger partial charge in [0.2, 0.25) is 5.91 Å². The molecule has 0 radical (unpaired) electrons. The molecule has 0 spiro atoms. The average Bonchev–Trinajstić information content (AvgIpc) is 2.83. The zero-order chi connectivity index (χ0) is 13.9. The first kappa shape index (κ1) is 14.8. The number of nitrogens with two attached hydrogens (primary N) is 1. The Kier molecular flexibility index (Phi) is 4.85. The first-order chi connectivity index (χ1) is 9.13. The zero-order valence-corrected chi connectivity index (χ0v) is 12.5. The Labute approximate surface area is 117 Å². The highest BCUT2D eigenvalue weighted by Gasteiger charge is 2.44. The molecule has 2 aliphatic rings. The van der Waals surface area contributed by atoms with Crippen molar-refractivity contribution < 1.29 is 4.79 Å². The van der Waals surface area contributed by atoms with Crippen molar-refractivity contribution in [2.45, 2.75) is 51.5 Å². The molecule has 0 aromatic rings. The Morgan fingerprint density at radius 1 is 1.26 bits per heavy atom. The Bertz CT molecular complexity index is 313. The molecule has 1 aliphatic heterocycles. The van der Waals surface area contributed by atoms with E-state index in [0.717, 1.165) is 58.2 Å². The van der Waals surface area contributed by atoms with Crippen molar-refractivity contribution in [2.24, 2.45) is 11.1 Å². The van der Waals surface area contributed by atoms with Crippen LogP contribution in [0.15, 0.2) is 0 Å². The van der Waals surface area contributed by atoms with E-state index in [2.05, 4.69) is 23.8 Å². The molecule has 1 saturated heterocycles. The molecule has 1 amide bonds. The van der Waals surface area contributed by atoms with Crippen LogP contribution < -0.4 is 5.73 Å². The summed E-state index contributed by atoms with van der Waals surface area (Å²) in [6, 6.07) is 0.365. The van der Waals surface area contributed by atoms with E-state index in [0.29, 0.717) is 18.5 Å². The molecule has 19 heavy (non-hydrogen) atoms. The van der Waals surface area contributed by atoms with Crippen molar-refractivity contribution in [3.63, 3.8) is 0 Å². The molecule has 1 heterocycles. The SMILES string of the molecule is CCC1CN(C)CCCN1C(=O)C1(CN)CCCC1. The number of carbonyl (C=O) groups excluding carboxylic acids is 1. The summed E-state index contributed by atoms with van der Waals surface area (Å²) in [5.41, 5.74) is 5.73. The van der Waals surface area contributed by atoms with Crippen molar-refractivity contribution in [1.82, 2.24) is 9.80 Å². The third-order valence-corrected chi connectivity index (χ3v) is 5.04. The third kappa shape index (κ3) is 2.95. The average molecular weight is 267 g/mol. The molecule has 1 atom stereocenters. The lowest BCUT2D eigenvalue weighted by molar-refractivity contribution is -0.143. The van der Waals surface area contributed by atoms with Gasteiger partial charge < -0.3 is 15.5 Å². The number of hydrogen-bond donors (Lipinski definition) is 1. The maximum atomic E-state index is 13.0. The minimum atomic E-state index is -0.240. The number of rotatable bonds is 3. The van der Waals surface area contributed by atoms with Crippen LogP contribution in [0.25, 0.3) is 0 Å². The molecule has 110 valence electrons. The molecule has 4 nitrogen and oxygen atoms in total. The second-order valence-corrected chi connectivity index (χ2v) is 6.37. The highest BCUT2D eigenvalue weighted by Crippen LogP contribution is 2.39. The van der Waals surface area contributed by atoms with Crippen molar-refractivity contribution in [3.8, 4) is 0 Å². The Balaban J connectivity index is 2.15. The predicted molar refractivity (Wildman–Crippen MR) is 77.9 cm³/mol. The van der Waals surface area contributed by atoms with Gasteiger partial charge in [0.15, 0.2) is 0 Å². The number of nitrogens with zero attached hydrogens (tertiary/aromatic N) is 2. The van der Waals surface area contributed by atoms with Gasteiger partial charge in [-0.3, -0.25) is 4.79 Å². The molecule has 2 N–H and O–H groups in total. The quantitative estimate of drug-likeness (QED) is 0.842. The van der Waals surface area contributed by atoms with Gasteiger partial charge in [0.05, 0.1) is 5.41 Å². The number of hydrogen-bond acceptors (Lipinski definition) is 3. The Morgan fingerprint density at radius 3 is 2.53 bits per heavy atom. The summed E-state index contributed by atoms with van der Waals surface area (Å²) in [6.45, 7) is 5.71. The first-order valence-corrected chi connectivity index (χ1v) is 7.82. The van der Waals surface area contributed by atoms with E-state index in [4.69, 9.17) is 5.73 Å². The monoisotopic (exact) mass is 267 g/mol. The minimum Gasteiger partial charge on any atom is -0.338 e. The molecule has 1 unspecified atom stereocenters. The van der Waals surface area contributed by atoms with Crippen LogP contribution in [0.2, 0.25) is 0 Å². The summed E-state index contributed by atoms with van der Waals surface area (Å²) in [4.78, 5) is 17.5. The van der Waals surface area contributed by atoms with Gasteiger partial charge in [-0.2, -0.15) is 0 Å². The lowest BCUT2D eigenvalue weighted by Crippen LogP contribution is -2.52. The van der Waals surface area contributed by atoms with Crippen molar-refractivity contribution in [3.05, 3.63) is 0 Å². The standard InChI is InChI=1S/C15H29N3O/c1-3-13-11-17(2)9-6-10-18(13)14(19)15(12-16)7-4-5-8-15/h13H,3-12,16H2,1-2H3. The van der Waals surface area contributed by atoms with Crippen LogP contribution >= 0.6 is 0 Å². The molecule has 0 aromatic heterocycles.